The van der Waals surface area contributed by atoms with Crippen molar-refractivity contribution >= 4 is 12.0 Å². The van der Waals surface area contributed by atoms with Crippen LogP contribution in [0.4, 0.5) is 10.1 Å². The van der Waals surface area contributed by atoms with E-state index in [1.54, 1.807) is 0 Å². The highest BCUT2D eigenvalue weighted by molar-refractivity contribution is 5.70. The van der Waals surface area contributed by atoms with Crippen LogP contribution >= 0.6 is 0 Å². The van der Waals surface area contributed by atoms with Crippen molar-refractivity contribution in [1.82, 2.24) is 0 Å². The highest BCUT2D eigenvalue weighted by Gasteiger charge is 2.31. The summed E-state index contributed by atoms with van der Waals surface area (Å²) >= 11 is 0. The third kappa shape index (κ3) is 2.01. The van der Waals surface area contributed by atoms with Gasteiger partial charge in [0.2, 0.25) is 0 Å². The summed E-state index contributed by atoms with van der Waals surface area (Å²) in [6, 6.07) is 3.54. The molecule has 0 radical (unpaired) electrons. The van der Waals surface area contributed by atoms with Crippen molar-refractivity contribution in [3.63, 3.8) is 0 Å². The van der Waals surface area contributed by atoms with Gasteiger partial charge >= 0.3 is 0 Å². The number of hydrogen-bond acceptors (Lipinski definition) is 3. The Morgan fingerprint density at radius 1 is 1.47 bits per heavy atom. The van der Waals surface area contributed by atoms with E-state index >= 15 is 0 Å². The molecule has 0 aromatic heterocycles. The molecule has 0 atom stereocenters. The Morgan fingerprint density at radius 2 is 2.07 bits per heavy atom. The Morgan fingerprint density at radius 3 is 2.53 bits per heavy atom. The van der Waals surface area contributed by atoms with Gasteiger partial charge in [-0.1, -0.05) is 6.07 Å². The number of hydrogen-bond donors (Lipinski definition) is 0. The highest BCUT2D eigenvalue weighted by Crippen LogP contribution is 2.32. The van der Waals surface area contributed by atoms with Crippen LogP contribution in [0.25, 0.3) is 0 Å². The van der Waals surface area contributed by atoms with E-state index in [1.165, 1.54) is 26.0 Å². The van der Waals surface area contributed by atoms with E-state index in [4.69, 9.17) is 0 Å². The molecule has 0 aliphatic heterocycles. The second kappa shape index (κ2) is 3.76. The molecule has 4 nitrogen and oxygen atoms in total. The van der Waals surface area contributed by atoms with E-state index in [0.717, 1.165) is 6.07 Å². The molecule has 1 aromatic rings. The lowest BCUT2D eigenvalue weighted by Gasteiger charge is -2.17. The number of nitro groups is 1. The molecule has 1 rings (SSSR count). The summed E-state index contributed by atoms with van der Waals surface area (Å²) < 4.78 is 13.4. The van der Waals surface area contributed by atoms with Crippen LogP contribution < -0.4 is 0 Å². The van der Waals surface area contributed by atoms with Crippen LogP contribution in [0.1, 0.15) is 19.4 Å². The molecule has 0 bridgehead atoms. The standard InChI is InChI=1S/C10H10FNO3/c1-10(2,6-13)9-7(11)4-3-5-8(9)12(14)15/h3-6H,1-2H3. The third-order valence-corrected chi connectivity index (χ3v) is 2.13. The first-order chi connectivity index (χ1) is 6.90. The molecule has 0 unspecified atom stereocenters. The molecule has 5 heteroatoms. The number of carbonyl (C=O) groups excluding carboxylic acids is 1. The molecule has 0 fully saturated rings. The van der Waals surface area contributed by atoms with Gasteiger partial charge in [0, 0.05) is 6.07 Å². The Hall–Kier alpha value is -1.78. The molecular formula is C10H10FNO3. The van der Waals surface area contributed by atoms with Crippen LogP contribution in [0.5, 0.6) is 0 Å². The van der Waals surface area contributed by atoms with E-state index in [9.17, 15) is 19.3 Å². The summed E-state index contributed by atoms with van der Waals surface area (Å²) in [6.45, 7) is 2.87. The summed E-state index contributed by atoms with van der Waals surface area (Å²) in [5, 5.41) is 10.7. The van der Waals surface area contributed by atoms with Crippen LogP contribution in [-0.2, 0) is 10.2 Å². The number of benzene rings is 1. The fraction of sp³-hybridized carbons (Fsp3) is 0.300. The Balaban J connectivity index is 3.50. The fourth-order valence-corrected chi connectivity index (χ4v) is 1.36. The van der Waals surface area contributed by atoms with E-state index in [1.807, 2.05) is 0 Å². The number of halogens is 1. The number of nitro benzene ring substituents is 1. The zero-order valence-corrected chi connectivity index (χ0v) is 8.36. The topological polar surface area (TPSA) is 60.2 Å². The number of carbonyl (C=O) groups is 1. The maximum Gasteiger partial charge on any atom is 0.276 e. The molecule has 0 saturated heterocycles. The van der Waals surface area contributed by atoms with Gasteiger partial charge in [-0.25, -0.2) is 4.39 Å². The quantitative estimate of drug-likeness (QED) is 0.437. The second-order valence-corrected chi connectivity index (χ2v) is 3.73. The van der Waals surface area contributed by atoms with Crippen LogP contribution in [0.15, 0.2) is 18.2 Å². The number of aldehydes is 1. The van der Waals surface area contributed by atoms with Gasteiger partial charge in [-0.15, -0.1) is 0 Å². The minimum Gasteiger partial charge on any atom is -0.302 e. The first-order valence-electron chi connectivity index (χ1n) is 4.30. The molecule has 0 heterocycles. The van der Waals surface area contributed by atoms with Crippen molar-refractivity contribution in [3.05, 3.63) is 39.7 Å². The van der Waals surface area contributed by atoms with E-state index in [-0.39, 0.29) is 11.3 Å². The van der Waals surface area contributed by atoms with Gasteiger partial charge in [-0.05, 0) is 19.9 Å². The summed E-state index contributed by atoms with van der Waals surface area (Å²) in [5.41, 5.74) is -1.74. The lowest BCUT2D eigenvalue weighted by Crippen LogP contribution is -2.22. The van der Waals surface area contributed by atoms with Gasteiger partial charge < -0.3 is 4.79 Å². The minimum atomic E-state index is -1.20. The fourth-order valence-electron chi connectivity index (χ4n) is 1.36. The van der Waals surface area contributed by atoms with E-state index in [0.29, 0.717) is 6.29 Å². The number of rotatable bonds is 3. The van der Waals surface area contributed by atoms with Gasteiger partial charge in [0.05, 0.1) is 15.9 Å². The molecule has 0 aliphatic rings. The van der Waals surface area contributed by atoms with Gasteiger partial charge in [0.15, 0.2) is 0 Å². The zero-order valence-electron chi connectivity index (χ0n) is 8.36. The molecule has 15 heavy (non-hydrogen) atoms. The third-order valence-electron chi connectivity index (χ3n) is 2.13. The van der Waals surface area contributed by atoms with E-state index < -0.39 is 16.2 Å². The molecule has 1 aromatic carbocycles. The predicted octanol–water partition coefficient (Wildman–Crippen LogP) is 2.21. The maximum absolute atomic E-state index is 13.4. The highest BCUT2D eigenvalue weighted by atomic mass is 19.1. The SMILES string of the molecule is CC(C)(C=O)c1c(F)cccc1[N+](=O)[O-]. The molecular weight excluding hydrogens is 201 g/mol. The summed E-state index contributed by atoms with van der Waals surface area (Å²) in [6.07, 6.45) is 0.498. The van der Waals surface area contributed by atoms with E-state index in [2.05, 4.69) is 0 Å². The smallest absolute Gasteiger partial charge is 0.276 e. The normalized spacial score (nSPS) is 11.1. The first-order valence-corrected chi connectivity index (χ1v) is 4.30. The Bertz CT molecular complexity index is 415. The van der Waals surface area contributed by atoms with Gasteiger partial charge in [-0.2, -0.15) is 0 Å². The molecule has 0 saturated carbocycles. The summed E-state index contributed by atoms with van der Waals surface area (Å²) in [7, 11) is 0. The van der Waals surface area contributed by atoms with Crippen molar-refractivity contribution in [3.8, 4) is 0 Å². The average Bonchev–Trinajstić information content (AvgIpc) is 2.17. The summed E-state index contributed by atoms with van der Waals surface area (Å²) in [4.78, 5) is 20.7. The van der Waals surface area contributed by atoms with Crippen LogP contribution in [-0.4, -0.2) is 11.2 Å². The maximum atomic E-state index is 13.4. The monoisotopic (exact) mass is 211 g/mol. The van der Waals surface area contributed by atoms with Crippen molar-refractivity contribution in [2.45, 2.75) is 19.3 Å². The molecule has 0 N–H and O–H groups in total. The first kappa shape index (κ1) is 11.3. The lowest BCUT2D eigenvalue weighted by atomic mass is 9.85. The van der Waals surface area contributed by atoms with Crippen molar-refractivity contribution in [2.75, 3.05) is 0 Å². The molecule has 0 spiro atoms. The molecule has 0 amide bonds. The zero-order chi connectivity index (χ0) is 11.6. The molecule has 0 aliphatic carbocycles. The van der Waals surface area contributed by atoms with Crippen LogP contribution in [0, 0.1) is 15.9 Å². The predicted molar refractivity (Wildman–Crippen MR) is 52.1 cm³/mol. The Labute approximate surface area is 85.9 Å². The van der Waals surface area contributed by atoms with Crippen LogP contribution in [0.3, 0.4) is 0 Å². The average molecular weight is 211 g/mol. The molecule has 80 valence electrons. The second-order valence-electron chi connectivity index (χ2n) is 3.73. The van der Waals surface area contributed by atoms with Crippen molar-refractivity contribution < 1.29 is 14.1 Å². The number of nitrogens with zero attached hydrogens (tertiary/aromatic N) is 1. The minimum absolute atomic E-state index is 0.176. The van der Waals surface area contributed by atoms with Crippen LogP contribution in [0.2, 0.25) is 0 Å². The largest absolute Gasteiger partial charge is 0.302 e. The van der Waals surface area contributed by atoms with Crippen molar-refractivity contribution in [1.29, 1.82) is 0 Å². The van der Waals surface area contributed by atoms with Gasteiger partial charge in [0.1, 0.15) is 12.1 Å². The summed E-state index contributed by atoms with van der Waals surface area (Å²) in [5.74, 6) is -0.735. The van der Waals surface area contributed by atoms with Gasteiger partial charge in [0.25, 0.3) is 5.69 Å². The lowest BCUT2D eigenvalue weighted by molar-refractivity contribution is -0.386. The Kier molecular flexibility index (Phi) is 2.83. The van der Waals surface area contributed by atoms with Crippen molar-refractivity contribution in [2.24, 2.45) is 0 Å². The van der Waals surface area contributed by atoms with Gasteiger partial charge in [-0.3, -0.25) is 10.1 Å².